The number of nitrogens with zero attached hydrogens (tertiary/aromatic N) is 2. The Labute approximate surface area is 140 Å². The van der Waals surface area contributed by atoms with Gasteiger partial charge in [-0.25, -0.2) is 0 Å². The van der Waals surface area contributed by atoms with Crippen LogP contribution in [0.5, 0.6) is 0 Å². The summed E-state index contributed by atoms with van der Waals surface area (Å²) >= 11 is 0. The number of piperidine rings is 1. The van der Waals surface area contributed by atoms with Crippen molar-refractivity contribution in [2.75, 3.05) is 33.0 Å². The van der Waals surface area contributed by atoms with E-state index in [0.717, 1.165) is 52.2 Å². The Kier molecular flexibility index (Phi) is 4.73. The second-order valence-corrected chi connectivity index (χ2v) is 8.34. The fourth-order valence-electron chi connectivity index (χ4n) is 3.81. The van der Waals surface area contributed by atoms with E-state index in [1.807, 2.05) is 4.90 Å². The van der Waals surface area contributed by atoms with Gasteiger partial charge in [-0.3, -0.25) is 9.69 Å². The summed E-state index contributed by atoms with van der Waals surface area (Å²) in [6.07, 6.45) is 5.09. The van der Waals surface area contributed by atoms with E-state index >= 15 is 0 Å². The Hall–Kier alpha value is -0.650. The topological polar surface area (TPSA) is 42.0 Å². The van der Waals surface area contributed by atoms with E-state index in [1.54, 1.807) is 0 Å². The average Bonchev–Trinajstić information content (AvgIpc) is 3.04. The van der Waals surface area contributed by atoms with Gasteiger partial charge in [0.05, 0.1) is 36.4 Å². The number of carbonyl (C=O) groups is 1. The van der Waals surface area contributed by atoms with Gasteiger partial charge in [-0.2, -0.15) is 0 Å². The van der Waals surface area contributed by atoms with Crippen LogP contribution in [0.15, 0.2) is 0 Å². The maximum atomic E-state index is 12.3. The Balaban J connectivity index is 1.40. The highest BCUT2D eigenvalue weighted by Crippen LogP contribution is 2.47. The molecule has 3 saturated heterocycles. The molecule has 3 aliphatic rings. The summed E-state index contributed by atoms with van der Waals surface area (Å²) in [5.74, 6) is 0.277. The van der Waals surface area contributed by atoms with E-state index < -0.39 is 0 Å². The van der Waals surface area contributed by atoms with Gasteiger partial charge in [-0.1, -0.05) is 0 Å². The highest BCUT2D eigenvalue weighted by atomic mass is 16.5. The van der Waals surface area contributed by atoms with Crippen LogP contribution in [-0.2, 0) is 14.3 Å². The largest absolute Gasteiger partial charge is 0.376 e. The third-order valence-electron chi connectivity index (χ3n) is 6.40. The SMILES string of the molecule is CC1(C)C(=O)N(CN2CCC(OC[C@@H]3CCCO3)CC2)C1(C)C. The number of carbonyl (C=O) groups excluding carboxylic acids is 1. The molecule has 3 heterocycles. The maximum absolute atomic E-state index is 12.3. The van der Waals surface area contributed by atoms with Crippen molar-refractivity contribution in [2.24, 2.45) is 5.41 Å². The molecule has 0 bridgehead atoms. The van der Waals surface area contributed by atoms with Crippen LogP contribution >= 0.6 is 0 Å². The number of hydrogen-bond acceptors (Lipinski definition) is 4. The van der Waals surface area contributed by atoms with E-state index in [2.05, 4.69) is 32.6 Å². The molecule has 0 radical (unpaired) electrons. The first kappa shape index (κ1) is 17.2. The molecule has 0 aromatic rings. The second kappa shape index (κ2) is 6.34. The summed E-state index contributed by atoms with van der Waals surface area (Å²) in [7, 11) is 0. The number of likely N-dealkylation sites (tertiary alicyclic amines) is 2. The molecule has 132 valence electrons. The Bertz CT molecular complexity index is 436. The molecule has 1 atom stereocenters. The van der Waals surface area contributed by atoms with Gasteiger partial charge < -0.3 is 14.4 Å². The predicted molar refractivity (Wildman–Crippen MR) is 89.1 cm³/mol. The molecule has 0 saturated carbocycles. The standard InChI is InChI=1S/C18H32N2O3/c1-17(2)16(21)20(18(17,3)4)13-19-9-7-14(8-10-19)23-12-15-6-5-11-22-15/h14-15H,5-13H2,1-4H3/t15-/m0/s1. The minimum Gasteiger partial charge on any atom is -0.376 e. The lowest BCUT2D eigenvalue weighted by Gasteiger charge is -2.61. The molecule has 3 aliphatic heterocycles. The first-order valence-corrected chi connectivity index (χ1v) is 9.10. The number of rotatable bonds is 5. The van der Waals surface area contributed by atoms with E-state index in [4.69, 9.17) is 9.47 Å². The highest BCUT2D eigenvalue weighted by molar-refractivity contribution is 5.90. The van der Waals surface area contributed by atoms with Crippen molar-refractivity contribution in [3.8, 4) is 0 Å². The molecule has 3 rings (SSSR count). The minimum absolute atomic E-state index is 0.0583. The molecule has 3 fully saturated rings. The number of ether oxygens (including phenoxy) is 2. The minimum atomic E-state index is -0.240. The van der Waals surface area contributed by atoms with Crippen molar-refractivity contribution >= 4 is 5.91 Å². The average molecular weight is 324 g/mol. The first-order chi connectivity index (χ1) is 10.8. The molecular weight excluding hydrogens is 292 g/mol. The van der Waals surface area contributed by atoms with Gasteiger partial charge in [0.25, 0.3) is 0 Å². The third-order valence-corrected chi connectivity index (χ3v) is 6.40. The molecule has 23 heavy (non-hydrogen) atoms. The number of amides is 1. The Morgan fingerprint density at radius 3 is 2.43 bits per heavy atom. The molecule has 1 amide bonds. The molecule has 0 unspecified atom stereocenters. The van der Waals surface area contributed by atoms with Gasteiger partial charge >= 0.3 is 0 Å². The van der Waals surface area contributed by atoms with Crippen molar-refractivity contribution in [3.63, 3.8) is 0 Å². The van der Waals surface area contributed by atoms with Crippen LogP contribution in [0.25, 0.3) is 0 Å². The van der Waals surface area contributed by atoms with Gasteiger partial charge in [0, 0.05) is 19.7 Å². The summed E-state index contributed by atoms with van der Waals surface area (Å²) in [6, 6.07) is 0. The van der Waals surface area contributed by atoms with Crippen molar-refractivity contribution < 1.29 is 14.3 Å². The quantitative estimate of drug-likeness (QED) is 0.728. The van der Waals surface area contributed by atoms with Gasteiger partial charge in [-0.05, 0) is 53.4 Å². The van der Waals surface area contributed by atoms with Crippen LogP contribution in [-0.4, -0.2) is 66.4 Å². The first-order valence-electron chi connectivity index (χ1n) is 9.10. The van der Waals surface area contributed by atoms with Crippen LogP contribution in [0.3, 0.4) is 0 Å². The molecule has 0 aromatic heterocycles. The Morgan fingerprint density at radius 1 is 1.17 bits per heavy atom. The number of β-lactam (4-membered cyclic amide) rings is 1. The van der Waals surface area contributed by atoms with Crippen LogP contribution < -0.4 is 0 Å². The smallest absolute Gasteiger partial charge is 0.232 e. The van der Waals surface area contributed by atoms with E-state index in [1.165, 1.54) is 6.42 Å². The van der Waals surface area contributed by atoms with Crippen LogP contribution in [0.2, 0.25) is 0 Å². The molecular formula is C18H32N2O3. The molecule has 0 spiro atoms. The summed E-state index contributed by atoms with van der Waals surface area (Å²) in [6.45, 7) is 12.9. The second-order valence-electron chi connectivity index (χ2n) is 8.34. The monoisotopic (exact) mass is 324 g/mol. The highest BCUT2D eigenvalue weighted by Gasteiger charge is 2.60. The van der Waals surface area contributed by atoms with E-state index in [9.17, 15) is 4.79 Å². The Morgan fingerprint density at radius 2 is 1.87 bits per heavy atom. The summed E-state index contributed by atoms with van der Waals surface area (Å²) in [5.41, 5.74) is -0.299. The van der Waals surface area contributed by atoms with Crippen LogP contribution in [0, 0.1) is 5.41 Å². The normalized spacial score (nSPS) is 31.4. The summed E-state index contributed by atoms with van der Waals surface area (Å²) < 4.78 is 11.6. The van der Waals surface area contributed by atoms with Gasteiger partial charge in [0.2, 0.25) is 5.91 Å². The van der Waals surface area contributed by atoms with E-state index in [0.29, 0.717) is 12.2 Å². The van der Waals surface area contributed by atoms with Gasteiger partial charge in [-0.15, -0.1) is 0 Å². The molecule has 5 nitrogen and oxygen atoms in total. The number of hydrogen-bond donors (Lipinski definition) is 0. The maximum Gasteiger partial charge on any atom is 0.232 e. The van der Waals surface area contributed by atoms with Crippen LogP contribution in [0.4, 0.5) is 0 Å². The lowest BCUT2D eigenvalue weighted by Crippen LogP contribution is -2.74. The molecule has 0 aromatic carbocycles. The van der Waals surface area contributed by atoms with E-state index in [-0.39, 0.29) is 16.9 Å². The lowest BCUT2D eigenvalue weighted by molar-refractivity contribution is -0.189. The third kappa shape index (κ3) is 3.15. The van der Waals surface area contributed by atoms with Gasteiger partial charge in [0.1, 0.15) is 0 Å². The molecule has 0 aliphatic carbocycles. The molecule has 0 N–H and O–H groups in total. The lowest BCUT2D eigenvalue weighted by atomic mass is 9.64. The predicted octanol–water partition coefficient (Wildman–Crippen LogP) is 2.25. The zero-order chi connectivity index (χ0) is 16.7. The van der Waals surface area contributed by atoms with Crippen LogP contribution in [0.1, 0.15) is 53.4 Å². The van der Waals surface area contributed by atoms with Crippen molar-refractivity contribution in [1.29, 1.82) is 0 Å². The zero-order valence-electron chi connectivity index (χ0n) is 15.1. The zero-order valence-corrected chi connectivity index (χ0v) is 15.1. The summed E-state index contributed by atoms with van der Waals surface area (Å²) in [4.78, 5) is 16.8. The van der Waals surface area contributed by atoms with Gasteiger partial charge in [0.15, 0.2) is 0 Å². The van der Waals surface area contributed by atoms with Crippen molar-refractivity contribution in [2.45, 2.75) is 71.1 Å². The fourth-order valence-corrected chi connectivity index (χ4v) is 3.81. The van der Waals surface area contributed by atoms with Crippen molar-refractivity contribution in [3.05, 3.63) is 0 Å². The molecule has 5 heteroatoms. The van der Waals surface area contributed by atoms with Crippen molar-refractivity contribution in [1.82, 2.24) is 9.80 Å². The fraction of sp³-hybridized carbons (Fsp3) is 0.944. The summed E-state index contributed by atoms with van der Waals surface area (Å²) in [5, 5.41) is 0.